The summed E-state index contributed by atoms with van der Waals surface area (Å²) in [5.74, 6) is 0. The number of fused-ring (bicyclic) bond motifs is 10. The van der Waals surface area contributed by atoms with Gasteiger partial charge in [-0.15, -0.1) is 0 Å². The zero-order valence-electron chi connectivity index (χ0n) is 41.5. The largest absolute Gasteiger partial charge is 0.375 e. The fraction of sp³-hybridized carbons (Fsp3) is 0.323. The summed E-state index contributed by atoms with van der Waals surface area (Å²) >= 11 is 0. The van der Waals surface area contributed by atoms with E-state index in [2.05, 4.69) is 234 Å². The Balaban J connectivity index is 1.39. The molecule has 0 radical (unpaired) electrons. The first kappa shape index (κ1) is 41.9. The lowest BCUT2D eigenvalue weighted by molar-refractivity contribution is 0.590. The second-order valence-electron chi connectivity index (χ2n) is 24.8. The molecule has 326 valence electrons. The lowest BCUT2D eigenvalue weighted by atomic mass is 9.45. The molecule has 0 saturated carbocycles. The average molecular weight is 849 g/mol. The molecule has 3 heteroatoms. The minimum absolute atomic E-state index is 0.0161. The summed E-state index contributed by atoms with van der Waals surface area (Å²) in [5, 5.41) is 5.38. The fourth-order valence-electron chi connectivity index (χ4n) is 11.1. The highest BCUT2D eigenvalue weighted by Crippen LogP contribution is 2.49. The van der Waals surface area contributed by atoms with Gasteiger partial charge in [0.2, 0.25) is 0 Å². The van der Waals surface area contributed by atoms with E-state index in [4.69, 9.17) is 0 Å². The molecule has 2 aliphatic rings. The van der Waals surface area contributed by atoms with Crippen LogP contribution in [0.2, 0.25) is 0 Å². The van der Waals surface area contributed by atoms with Crippen molar-refractivity contribution in [2.45, 2.75) is 131 Å². The van der Waals surface area contributed by atoms with Gasteiger partial charge >= 0.3 is 6.85 Å². The lowest BCUT2D eigenvalue weighted by Gasteiger charge is -2.36. The van der Waals surface area contributed by atoms with E-state index in [-0.39, 0.29) is 33.9 Å². The molecule has 0 N–H and O–H groups in total. The molecular formula is C62H65BN2. The van der Waals surface area contributed by atoms with Gasteiger partial charge in [-0.05, 0) is 143 Å². The summed E-state index contributed by atoms with van der Waals surface area (Å²) in [6.07, 6.45) is 0. The number of hydrogen-bond acceptors (Lipinski definition) is 0. The molecule has 2 nitrogen and oxygen atoms in total. The maximum absolute atomic E-state index is 2.77. The van der Waals surface area contributed by atoms with Gasteiger partial charge in [-0.25, -0.2) is 0 Å². The molecule has 0 unspecified atom stereocenters. The number of nitrogens with zero attached hydrogens (tertiary/aromatic N) is 2. The molecule has 2 aliphatic heterocycles. The Morgan fingerprint density at radius 1 is 0.354 bits per heavy atom. The van der Waals surface area contributed by atoms with Crippen molar-refractivity contribution in [2.24, 2.45) is 0 Å². The van der Waals surface area contributed by atoms with Gasteiger partial charge in [0.1, 0.15) is 0 Å². The number of rotatable bonds is 2. The number of benzene rings is 7. The Labute approximate surface area is 387 Å². The van der Waals surface area contributed by atoms with Crippen LogP contribution in [0.4, 0.5) is 0 Å². The van der Waals surface area contributed by atoms with Crippen molar-refractivity contribution in [2.75, 3.05) is 0 Å². The quantitative estimate of drug-likeness (QED) is 0.153. The SMILES string of the molecule is CC(C)(C)c1ccc(-c2cc3c4c(c2)-n2c5c(cc(C(C)(C)C)cc5c5cc(C(C)(C)C)cc(-c6ccccc6)c52)B4n2c4ccc(C(C)(C)C)cc4c4cc(C(C)(C)C)cc-3c42)cc1. The van der Waals surface area contributed by atoms with Crippen LogP contribution in [0.1, 0.15) is 132 Å². The number of aromatic nitrogens is 2. The molecule has 0 aliphatic carbocycles. The molecule has 11 rings (SSSR count). The van der Waals surface area contributed by atoms with Crippen LogP contribution in [-0.2, 0) is 27.1 Å². The maximum Gasteiger partial charge on any atom is 0.333 e. The molecule has 0 spiro atoms. The highest BCUT2D eigenvalue weighted by Gasteiger charge is 2.43. The van der Waals surface area contributed by atoms with Crippen molar-refractivity contribution < 1.29 is 0 Å². The van der Waals surface area contributed by atoms with Gasteiger partial charge in [0.05, 0.1) is 11.0 Å². The third-order valence-corrected chi connectivity index (χ3v) is 15.0. The van der Waals surface area contributed by atoms with Crippen molar-refractivity contribution in [3.63, 3.8) is 0 Å². The highest BCUT2D eigenvalue weighted by molar-refractivity contribution is 6.90. The van der Waals surface area contributed by atoms with E-state index in [1.165, 1.54) is 121 Å². The molecule has 0 saturated heterocycles. The van der Waals surface area contributed by atoms with Crippen LogP contribution >= 0.6 is 0 Å². The first-order chi connectivity index (χ1) is 30.4. The lowest BCUT2D eigenvalue weighted by Crippen LogP contribution is -2.55. The summed E-state index contributed by atoms with van der Waals surface area (Å²) in [7, 11) is 0. The van der Waals surface area contributed by atoms with Gasteiger partial charge in [0, 0.05) is 49.4 Å². The van der Waals surface area contributed by atoms with E-state index in [0.29, 0.717) is 0 Å². The Bertz CT molecular complexity index is 3460. The second-order valence-corrected chi connectivity index (χ2v) is 24.8. The molecule has 4 heterocycles. The predicted molar refractivity (Wildman–Crippen MR) is 284 cm³/mol. The zero-order valence-corrected chi connectivity index (χ0v) is 41.5. The molecular weight excluding hydrogens is 784 g/mol. The van der Waals surface area contributed by atoms with Crippen LogP contribution in [0.5, 0.6) is 0 Å². The topological polar surface area (TPSA) is 9.86 Å². The standard InChI is InChI=1S/C62H65BN2/c1-58(2,3)39-23-21-36(22-24-39)38-27-46-48-32-42(61(10,11)12)31-47-45-29-40(59(4,5)6)25-26-52(45)65(56(47)48)63-51-35-43(62(13,14)15)34-50-49-33-41(60(7,8)9)30-44(37-19-17-16-18-20-37)55(49)64(57(50)51)53(28-38)54(46)63/h16-35H,1-15H3. The zero-order chi connectivity index (χ0) is 46.1. The molecule has 9 aromatic rings. The predicted octanol–water partition coefficient (Wildman–Crippen LogP) is 15.7. The van der Waals surface area contributed by atoms with Crippen LogP contribution in [0.25, 0.3) is 82.7 Å². The van der Waals surface area contributed by atoms with E-state index in [1.54, 1.807) is 0 Å². The molecule has 2 aromatic heterocycles. The van der Waals surface area contributed by atoms with Gasteiger partial charge in [-0.1, -0.05) is 171 Å². The Morgan fingerprint density at radius 2 is 0.862 bits per heavy atom. The highest BCUT2D eigenvalue weighted by atomic mass is 15.0. The van der Waals surface area contributed by atoms with Gasteiger partial charge < -0.3 is 9.05 Å². The molecule has 65 heavy (non-hydrogen) atoms. The minimum atomic E-state index is -0.0704. The molecule has 0 fully saturated rings. The van der Waals surface area contributed by atoms with E-state index < -0.39 is 0 Å². The van der Waals surface area contributed by atoms with Gasteiger partial charge in [0.25, 0.3) is 0 Å². The van der Waals surface area contributed by atoms with Crippen molar-refractivity contribution >= 4 is 61.4 Å². The molecule has 0 bridgehead atoms. The summed E-state index contributed by atoms with van der Waals surface area (Å²) < 4.78 is 5.48. The van der Waals surface area contributed by atoms with E-state index in [0.717, 1.165) is 0 Å². The van der Waals surface area contributed by atoms with Crippen LogP contribution in [0.15, 0.2) is 121 Å². The van der Waals surface area contributed by atoms with Crippen LogP contribution < -0.4 is 10.9 Å². The Hall–Kier alpha value is -5.80. The van der Waals surface area contributed by atoms with Crippen LogP contribution in [-0.4, -0.2) is 15.9 Å². The van der Waals surface area contributed by atoms with Crippen molar-refractivity contribution in [1.29, 1.82) is 0 Å². The second kappa shape index (κ2) is 13.4. The Morgan fingerprint density at radius 3 is 1.45 bits per heavy atom. The van der Waals surface area contributed by atoms with Gasteiger partial charge in [-0.3, -0.25) is 0 Å². The summed E-state index contributed by atoms with van der Waals surface area (Å²) in [4.78, 5) is 0. The van der Waals surface area contributed by atoms with E-state index in [9.17, 15) is 0 Å². The minimum Gasteiger partial charge on any atom is -0.375 e. The summed E-state index contributed by atoms with van der Waals surface area (Å²) in [5.41, 5.74) is 23.8. The molecule has 0 amide bonds. The number of hydrogen-bond donors (Lipinski definition) is 0. The average Bonchev–Trinajstić information content (AvgIpc) is 3.75. The smallest absolute Gasteiger partial charge is 0.333 e. The maximum atomic E-state index is 2.77. The molecule has 7 aromatic carbocycles. The molecule has 0 atom stereocenters. The fourth-order valence-corrected chi connectivity index (χ4v) is 11.1. The normalized spacial score (nSPS) is 14.0. The monoisotopic (exact) mass is 849 g/mol. The van der Waals surface area contributed by atoms with Crippen LogP contribution in [0, 0.1) is 0 Å². The van der Waals surface area contributed by atoms with Gasteiger partial charge in [0.15, 0.2) is 0 Å². The summed E-state index contributed by atoms with van der Waals surface area (Å²) in [6, 6.07) is 48.3. The first-order valence-corrected chi connectivity index (χ1v) is 24.0. The van der Waals surface area contributed by atoms with Crippen molar-refractivity contribution in [3.8, 4) is 39.1 Å². The Kier molecular flexibility index (Phi) is 8.64. The first-order valence-electron chi connectivity index (χ1n) is 24.0. The van der Waals surface area contributed by atoms with Crippen LogP contribution in [0.3, 0.4) is 0 Å². The van der Waals surface area contributed by atoms with Gasteiger partial charge in [-0.2, -0.15) is 0 Å². The third kappa shape index (κ3) is 6.27. The van der Waals surface area contributed by atoms with E-state index in [1.807, 2.05) is 0 Å². The summed E-state index contributed by atoms with van der Waals surface area (Å²) in [6.45, 7) is 35.3. The van der Waals surface area contributed by atoms with E-state index >= 15 is 0 Å². The third-order valence-electron chi connectivity index (χ3n) is 15.0. The van der Waals surface area contributed by atoms with Crippen molar-refractivity contribution in [1.82, 2.24) is 9.05 Å². The van der Waals surface area contributed by atoms with Crippen molar-refractivity contribution in [3.05, 3.63) is 149 Å².